The van der Waals surface area contributed by atoms with Crippen LogP contribution in [-0.2, 0) is 4.79 Å². The van der Waals surface area contributed by atoms with Crippen molar-refractivity contribution in [3.63, 3.8) is 0 Å². The molecule has 0 atom stereocenters. The van der Waals surface area contributed by atoms with Gasteiger partial charge >= 0.3 is 0 Å². The first-order chi connectivity index (χ1) is 4.86. The smallest absolute Gasteiger partial charge is 0.123 e. The normalized spacial score (nSPS) is 32.7. The lowest BCUT2D eigenvalue weighted by molar-refractivity contribution is -0.112. The molecule has 0 aromatic carbocycles. The van der Waals surface area contributed by atoms with Gasteiger partial charge in [-0.15, -0.1) is 0 Å². The molecule has 10 heavy (non-hydrogen) atoms. The molecule has 0 aromatic heterocycles. The molecule has 0 spiro atoms. The number of hydrogen-bond donors (Lipinski definition) is 0. The highest BCUT2D eigenvalue weighted by atomic mass is 16.1. The molecule has 2 heteroatoms. The number of nitrogens with zero attached hydrogens (tertiary/aromatic N) is 1. The fraction of sp³-hybridized carbons (Fsp3) is 0.750. The fourth-order valence-corrected chi connectivity index (χ4v) is 1.38. The molecule has 0 saturated heterocycles. The van der Waals surface area contributed by atoms with E-state index in [1.54, 1.807) is 0 Å². The largest absolute Gasteiger partial charge is 0.303 e. The van der Waals surface area contributed by atoms with E-state index in [4.69, 9.17) is 5.26 Å². The summed E-state index contributed by atoms with van der Waals surface area (Å²) in [6.45, 7) is 0. The molecule has 1 aliphatic rings. The monoisotopic (exact) mass is 137 g/mol. The SMILES string of the molecule is N#C[C@H]1CC[C@@H](C=O)CC1. The Bertz CT molecular complexity index is 151. The third kappa shape index (κ3) is 1.57. The van der Waals surface area contributed by atoms with Crippen LogP contribution in [0.15, 0.2) is 0 Å². The zero-order valence-corrected chi connectivity index (χ0v) is 5.92. The molecule has 0 bridgehead atoms. The predicted octanol–water partition coefficient (Wildman–Crippen LogP) is 1.52. The van der Waals surface area contributed by atoms with E-state index in [0.717, 1.165) is 32.0 Å². The van der Waals surface area contributed by atoms with Crippen molar-refractivity contribution in [1.82, 2.24) is 0 Å². The summed E-state index contributed by atoms with van der Waals surface area (Å²) in [6.07, 6.45) is 4.69. The van der Waals surface area contributed by atoms with E-state index in [9.17, 15) is 4.79 Å². The van der Waals surface area contributed by atoms with Crippen LogP contribution in [-0.4, -0.2) is 6.29 Å². The van der Waals surface area contributed by atoms with Crippen molar-refractivity contribution in [3.05, 3.63) is 0 Å². The number of hydrogen-bond acceptors (Lipinski definition) is 2. The van der Waals surface area contributed by atoms with Crippen molar-refractivity contribution >= 4 is 6.29 Å². The van der Waals surface area contributed by atoms with E-state index in [2.05, 4.69) is 6.07 Å². The second kappa shape index (κ2) is 3.36. The molecule has 0 heterocycles. The summed E-state index contributed by atoms with van der Waals surface area (Å²) in [5.41, 5.74) is 0. The van der Waals surface area contributed by atoms with Gasteiger partial charge in [-0.2, -0.15) is 5.26 Å². The van der Waals surface area contributed by atoms with E-state index < -0.39 is 0 Å². The zero-order chi connectivity index (χ0) is 7.40. The lowest BCUT2D eigenvalue weighted by Gasteiger charge is -2.19. The average molecular weight is 137 g/mol. The first-order valence-electron chi connectivity index (χ1n) is 3.71. The molecule has 0 N–H and O–H groups in total. The van der Waals surface area contributed by atoms with Crippen LogP contribution in [0.5, 0.6) is 0 Å². The molecular weight excluding hydrogens is 126 g/mol. The summed E-state index contributed by atoms with van der Waals surface area (Å²) in [4.78, 5) is 10.3. The Hall–Kier alpha value is -0.840. The summed E-state index contributed by atoms with van der Waals surface area (Å²) in [7, 11) is 0. The molecule has 1 fully saturated rings. The molecule has 1 aliphatic carbocycles. The Morgan fingerprint density at radius 1 is 1.30 bits per heavy atom. The molecule has 0 radical (unpaired) electrons. The summed E-state index contributed by atoms with van der Waals surface area (Å²) < 4.78 is 0. The van der Waals surface area contributed by atoms with Gasteiger partial charge in [0.2, 0.25) is 0 Å². The van der Waals surface area contributed by atoms with Gasteiger partial charge < -0.3 is 4.79 Å². The van der Waals surface area contributed by atoms with E-state index in [1.807, 2.05) is 0 Å². The van der Waals surface area contributed by atoms with Gasteiger partial charge in [-0.1, -0.05) is 0 Å². The quantitative estimate of drug-likeness (QED) is 0.514. The van der Waals surface area contributed by atoms with Crippen molar-refractivity contribution in [2.75, 3.05) is 0 Å². The maximum absolute atomic E-state index is 10.3. The maximum Gasteiger partial charge on any atom is 0.123 e. The highest BCUT2D eigenvalue weighted by Gasteiger charge is 2.19. The number of nitriles is 1. The van der Waals surface area contributed by atoms with Crippen molar-refractivity contribution in [2.24, 2.45) is 11.8 Å². The van der Waals surface area contributed by atoms with Gasteiger partial charge in [-0.25, -0.2) is 0 Å². The molecule has 54 valence electrons. The van der Waals surface area contributed by atoms with Gasteiger partial charge in [-0.3, -0.25) is 0 Å². The Balaban J connectivity index is 2.32. The van der Waals surface area contributed by atoms with Crippen molar-refractivity contribution in [1.29, 1.82) is 5.26 Å². The van der Waals surface area contributed by atoms with Crippen LogP contribution >= 0.6 is 0 Å². The van der Waals surface area contributed by atoms with E-state index in [0.29, 0.717) is 0 Å². The highest BCUT2D eigenvalue weighted by molar-refractivity contribution is 5.53. The van der Waals surface area contributed by atoms with Crippen LogP contribution in [0.25, 0.3) is 0 Å². The van der Waals surface area contributed by atoms with Crippen LogP contribution in [0.1, 0.15) is 25.7 Å². The van der Waals surface area contributed by atoms with Crippen LogP contribution < -0.4 is 0 Å². The first kappa shape index (κ1) is 7.27. The number of aldehydes is 1. The van der Waals surface area contributed by atoms with Gasteiger partial charge in [0.25, 0.3) is 0 Å². The van der Waals surface area contributed by atoms with Crippen LogP contribution in [0.2, 0.25) is 0 Å². The van der Waals surface area contributed by atoms with E-state index >= 15 is 0 Å². The maximum atomic E-state index is 10.3. The summed E-state index contributed by atoms with van der Waals surface area (Å²) in [5, 5.41) is 8.51. The second-order valence-corrected chi connectivity index (χ2v) is 2.88. The number of carbonyl (C=O) groups excluding carboxylic acids is 1. The van der Waals surface area contributed by atoms with Crippen molar-refractivity contribution < 1.29 is 4.79 Å². The molecule has 0 amide bonds. The molecule has 0 unspecified atom stereocenters. The van der Waals surface area contributed by atoms with Crippen LogP contribution in [0, 0.1) is 23.2 Å². The molecule has 0 aliphatic heterocycles. The van der Waals surface area contributed by atoms with Crippen LogP contribution in [0.4, 0.5) is 0 Å². The third-order valence-corrected chi connectivity index (χ3v) is 2.15. The Kier molecular flexibility index (Phi) is 2.44. The van der Waals surface area contributed by atoms with Crippen LogP contribution in [0.3, 0.4) is 0 Å². The zero-order valence-electron chi connectivity index (χ0n) is 5.92. The van der Waals surface area contributed by atoms with Gasteiger partial charge in [0.15, 0.2) is 0 Å². The van der Waals surface area contributed by atoms with Gasteiger partial charge in [-0.05, 0) is 25.7 Å². The fourth-order valence-electron chi connectivity index (χ4n) is 1.38. The number of carbonyl (C=O) groups is 1. The molecule has 2 nitrogen and oxygen atoms in total. The Labute approximate surface area is 60.8 Å². The first-order valence-corrected chi connectivity index (χ1v) is 3.71. The van der Waals surface area contributed by atoms with Gasteiger partial charge in [0.05, 0.1) is 6.07 Å². The van der Waals surface area contributed by atoms with E-state index in [-0.39, 0.29) is 11.8 Å². The summed E-state index contributed by atoms with van der Waals surface area (Å²) >= 11 is 0. The Morgan fingerprint density at radius 2 is 1.90 bits per heavy atom. The molecule has 1 saturated carbocycles. The minimum Gasteiger partial charge on any atom is -0.303 e. The molecule has 1 rings (SSSR count). The second-order valence-electron chi connectivity index (χ2n) is 2.88. The lowest BCUT2D eigenvalue weighted by atomic mass is 9.84. The number of rotatable bonds is 1. The van der Waals surface area contributed by atoms with Crippen molar-refractivity contribution in [2.45, 2.75) is 25.7 Å². The third-order valence-electron chi connectivity index (χ3n) is 2.15. The highest BCUT2D eigenvalue weighted by Crippen LogP contribution is 2.26. The van der Waals surface area contributed by atoms with Crippen molar-refractivity contribution in [3.8, 4) is 6.07 Å². The summed E-state index contributed by atoms with van der Waals surface area (Å²) in [6, 6.07) is 2.23. The molecular formula is C8H11NO. The average Bonchev–Trinajstić information content (AvgIpc) is 2.05. The standard InChI is InChI=1S/C8H11NO/c9-5-7-1-3-8(6-10)4-2-7/h6-8H,1-4H2/t7-,8+. The predicted molar refractivity (Wildman–Crippen MR) is 37.1 cm³/mol. The van der Waals surface area contributed by atoms with E-state index in [1.165, 1.54) is 0 Å². The summed E-state index contributed by atoms with van der Waals surface area (Å²) in [5.74, 6) is 0.459. The van der Waals surface area contributed by atoms with Gasteiger partial charge in [0, 0.05) is 11.8 Å². The molecule has 0 aromatic rings. The topological polar surface area (TPSA) is 40.9 Å². The minimum atomic E-state index is 0.219. The van der Waals surface area contributed by atoms with Gasteiger partial charge in [0.1, 0.15) is 6.29 Å². The lowest BCUT2D eigenvalue weighted by Crippen LogP contribution is -2.13. The minimum absolute atomic E-state index is 0.219. The Morgan fingerprint density at radius 3 is 2.30 bits per heavy atom.